The molecule has 0 bridgehead atoms. The molecule has 1 N–H and O–H groups in total. The van der Waals surface area contributed by atoms with Gasteiger partial charge in [-0.1, -0.05) is 6.92 Å². The number of likely N-dealkylation sites (N-methyl/N-ethyl adjacent to an activating group) is 1. The summed E-state index contributed by atoms with van der Waals surface area (Å²) in [5, 5.41) is 3.11. The summed E-state index contributed by atoms with van der Waals surface area (Å²) in [4.78, 5) is 4.08. The number of aryl methyl sites for hydroxylation is 1. The highest BCUT2D eigenvalue weighted by molar-refractivity contribution is 4.97. The summed E-state index contributed by atoms with van der Waals surface area (Å²) in [6.07, 6.45) is 4.87. The highest BCUT2D eigenvalue weighted by atomic mass is 15.1. The lowest BCUT2D eigenvalue weighted by molar-refractivity contribution is 0.623. The molecule has 0 unspecified atom stereocenters. The van der Waals surface area contributed by atoms with Crippen molar-refractivity contribution < 1.29 is 0 Å². The molecule has 0 fully saturated rings. The third-order valence-corrected chi connectivity index (χ3v) is 1.76. The Hall–Kier alpha value is -0.830. The summed E-state index contributed by atoms with van der Waals surface area (Å²) < 4.78 is 2.18. The largest absolute Gasteiger partial charge is 0.333 e. The first kappa shape index (κ1) is 8.27. The molecule has 0 radical (unpaired) electrons. The maximum atomic E-state index is 4.08. The third kappa shape index (κ3) is 2.05. The minimum Gasteiger partial charge on any atom is -0.333 e. The van der Waals surface area contributed by atoms with Gasteiger partial charge in [-0.2, -0.15) is 0 Å². The van der Waals surface area contributed by atoms with E-state index in [0.29, 0.717) is 0 Å². The van der Waals surface area contributed by atoms with Gasteiger partial charge in [-0.25, -0.2) is 4.98 Å². The second kappa shape index (κ2) is 4.13. The molecule has 0 aliphatic heterocycles. The van der Waals surface area contributed by atoms with Gasteiger partial charge in [0.1, 0.15) is 0 Å². The Morgan fingerprint density at radius 2 is 2.45 bits per heavy atom. The van der Waals surface area contributed by atoms with Crippen molar-refractivity contribution in [3.05, 3.63) is 18.2 Å². The number of rotatable bonds is 4. The Kier molecular flexibility index (Phi) is 3.11. The maximum absolute atomic E-state index is 4.08. The summed E-state index contributed by atoms with van der Waals surface area (Å²) in [6.45, 7) is 4.16. The smallest absolute Gasteiger partial charge is 0.0948 e. The van der Waals surface area contributed by atoms with Gasteiger partial charge in [0, 0.05) is 25.0 Å². The Morgan fingerprint density at radius 1 is 1.64 bits per heavy atom. The topological polar surface area (TPSA) is 29.9 Å². The minimum absolute atomic E-state index is 1.00. The van der Waals surface area contributed by atoms with Crippen LogP contribution < -0.4 is 5.32 Å². The van der Waals surface area contributed by atoms with E-state index in [1.54, 1.807) is 0 Å². The van der Waals surface area contributed by atoms with Crippen LogP contribution in [0.4, 0.5) is 0 Å². The highest BCUT2D eigenvalue weighted by Gasteiger charge is 1.96. The fraction of sp³-hybridized carbons (Fsp3) is 0.625. The van der Waals surface area contributed by atoms with Gasteiger partial charge in [-0.15, -0.1) is 0 Å². The van der Waals surface area contributed by atoms with Gasteiger partial charge in [0.2, 0.25) is 0 Å². The molecule has 0 aromatic carbocycles. The van der Waals surface area contributed by atoms with E-state index in [4.69, 9.17) is 0 Å². The summed E-state index contributed by atoms with van der Waals surface area (Å²) in [7, 11) is 1.96. The van der Waals surface area contributed by atoms with Crippen LogP contribution in [-0.4, -0.2) is 23.1 Å². The molecule has 0 saturated heterocycles. The quantitative estimate of drug-likeness (QED) is 0.689. The molecule has 1 aromatic heterocycles. The molecule has 1 aromatic rings. The molecule has 0 spiro atoms. The molecule has 0 aliphatic carbocycles. The van der Waals surface area contributed by atoms with Crippen molar-refractivity contribution in [2.24, 2.45) is 0 Å². The zero-order valence-corrected chi connectivity index (χ0v) is 7.17. The van der Waals surface area contributed by atoms with Crippen LogP contribution in [0.25, 0.3) is 0 Å². The molecule has 1 rings (SSSR count). The van der Waals surface area contributed by atoms with E-state index in [9.17, 15) is 0 Å². The second-order valence-corrected chi connectivity index (χ2v) is 2.54. The van der Waals surface area contributed by atoms with Crippen LogP contribution in [0.5, 0.6) is 0 Å². The molecule has 1 heterocycles. The van der Waals surface area contributed by atoms with Gasteiger partial charge in [-0.05, 0) is 13.5 Å². The van der Waals surface area contributed by atoms with Crippen LogP contribution in [0.2, 0.25) is 0 Å². The fourth-order valence-corrected chi connectivity index (χ4v) is 1.08. The van der Waals surface area contributed by atoms with E-state index in [1.807, 2.05) is 19.6 Å². The number of nitrogens with zero attached hydrogens (tertiary/aromatic N) is 2. The van der Waals surface area contributed by atoms with E-state index in [0.717, 1.165) is 19.5 Å². The Bertz CT molecular complexity index is 205. The molecule has 3 nitrogen and oxygen atoms in total. The van der Waals surface area contributed by atoms with E-state index >= 15 is 0 Å². The van der Waals surface area contributed by atoms with Crippen LogP contribution in [-0.2, 0) is 13.0 Å². The molecule has 0 amide bonds. The Labute approximate surface area is 67.4 Å². The summed E-state index contributed by atoms with van der Waals surface area (Å²) >= 11 is 0. The van der Waals surface area contributed by atoms with Crippen LogP contribution >= 0.6 is 0 Å². The molecular formula is C8H15N3. The average molecular weight is 153 g/mol. The SMILES string of the molecule is CCc1cncn1CCNC. The van der Waals surface area contributed by atoms with Gasteiger partial charge in [0.05, 0.1) is 6.33 Å². The van der Waals surface area contributed by atoms with Crippen molar-refractivity contribution in [2.75, 3.05) is 13.6 Å². The predicted molar refractivity (Wildman–Crippen MR) is 45.5 cm³/mol. The van der Waals surface area contributed by atoms with Gasteiger partial charge < -0.3 is 9.88 Å². The van der Waals surface area contributed by atoms with Crippen molar-refractivity contribution in [3.63, 3.8) is 0 Å². The van der Waals surface area contributed by atoms with Crippen molar-refractivity contribution >= 4 is 0 Å². The van der Waals surface area contributed by atoms with E-state index in [-0.39, 0.29) is 0 Å². The van der Waals surface area contributed by atoms with Crippen molar-refractivity contribution in [3.8, 4) is 0 Å². The van der Waals surface area contributed by atoms with Crippen LogP contribution in [0.15, 0.2) is 12.5 Å². The zero-order valence-electron chi connectivity index (χ0n) is 7.17. The van der Waals surface area contributed by atoms with Gasteiger partial charge >= 0.3 is 0 Å². The molecular weight excluding hydrogens is 138 g/mol. The number of hydrogen-bond donors (Lipinski definition) is 1. The first-order valence-electron chi connectivity index (χ1n) is 4.02. The summed E-state index contributed by atoms with van der Waals surface area (Å²) in [6, 6.07) is 0. The molecule has 3 heteroatoms. The molecule has 0 aliphatic rings. The van der Waals surface area contributed by atoms with Gasteiger partial charge in [0.15, 0.2) is 0 Å². The lowest BCUT2D eigenvalue weighted by atomic mass is 10.3. The van der Waals surface area contributed by atoms with Crippen LogP contribution in [0, 0.1) is 0 Å². The van der Waals surface area contributed by atoms with Crippen molar-refractivity contribution in [1.82, 2.24) is 14.9 Å². The fourth-order valence-electron chi connectivity index (χ4n) is 1.08. The monoisotopic (exact) mass is 153 g/mol. The Balaban J connectivity index is 2.54. The Morgan fingerprint density at radius 3 is 3.09 bits per heavy atom. The number of aromatic nitrogens is 2. The zero-order chi connectivity index (χ0) is 8.10. The minimum atomic E-state index is 1.00. The number of imidazole rings is 1. The lowest BCUT2D eigenvalue weighted by Crippen LogP contribution is -2.15. The van der Waals surface area contributed by atoms with Crippen molar-refractivity contribution in [2.45, 2.75) is 19.9 Å². The standard InChI is InChI=1S/C8H15N3/c1-3-8-6-10-7-11(8)5-4-9-2/h6-7,9H,3-5H2,1-2H3. The maximum Gasteiger partial charge on any atom is 0.0948 e. The van der Waals surface area contributed by atoms with E-state index in [2.05, 4.69) is 21.8 Å². The normalized spacial score (nSPS) is 10.4. The average Bonchev–Trinajstić information content (AvgIpc) is 2.47. The molecule has 0 atom stereocenters. The highest BCUT2D eigenvalue weighted by Crippen LogP contribution is 1.98. The van der Waals surface area contributed by atoms with Gasteiger partial charge in [-0.3, -0.25) is 0 Å². The lowest BCUT2D eigenvalue weighted by Gasteiger charge is -2.04. The van der Waals surface area contributed by atoms with E-state index < -0.39 is 0 Å². The number of nitrogens with one attached hydrogen (secondary N) is 1. The first-order chi connectivity index (χ1) is 5.38. The third-order valence-electron chi connectivity index (χ3n) is 1.76. The summed E-state index contributed by atoms with van der Waals surface area (Å²) in [5.74, 6) is 0. The van der Waals surface area contributed by atoms with Crippen LogP contribution in [0.1, 0.15) is 12.6 Å². The molecule has 62 valence electrons. The predicted octanol–water partition coefficient (Wildman–Crippen LogP) is 0.665. The molecule has 11 heavy (non-hydrogen) atoms. The van der Waals surface area contributed by atoms with Gasteiger partial charge in [0.25, 0.3) is 0 Å². The summed E-state index contributed by atoms with van der Waals surface area (Å²) in [5.41, 5.74) is 1.31. The van der Waals surface area contributed by atoms with E-state index in [1.165, 1.54) is 5.69 Å². The van der Waals surface area contributed by atoms with Crippen molar-refractivity contribution in [1.29, 1.82) is 0 Å². The van der Waals surface area contributed by atoms with Crippen LogP contribution in [0.3, 0.4) is 0 Å². The number of hydrogen-bond acceptors (Lipinski definition) is 2. The first-order valence-corrected chi connectivity index (χ1v) is 4.02. The second-order valence-electron chi connectivity index (χ2n) is 2.54. The molecule has 0 saturated carbocycles.